The van der Waals surface area contributed by atoms with Crippen molar-refractivity contribution in [2.75, 3.05) is 5.73 Å². The number of aromatic nitrogens is 2. The molecule has 0 atom stereocenters. The van der Waals surface area contributed by atoms with Gasteiger partial charge in [0.1, 0.15) is 11.0 Å². The van der Waals surface area contributed by atoms with Gasteiger partial charge in [0.15, 0.2) is 0 Å². The van der Waals surface area contributed by atoms with Gasteiger partial charge in [-0.15, -0.1) is 0 Å². The van der Waals surface area contributed by atoms with Gasteiger partial charge in [0, 0.05) is 6.07 Å². The Bertz CT molecular complexity index is 614. The van der Waals surface area contributed by atoms with Crippen LogP contribution < -0.4 is 11.4 Å². The molecule has 5 heteroatoms. The lowest BCUT2D eigenvalue weighted by atomic mass is 10.1. The van der Waals surface area contributed by atoms with Crippen molar-refractivity contribution < 1.29 is 0 Å². The number of halogens is 1. The Morgan fingerprint density at radius 1 is 1.29 bits per heavy atom. The second-order valence-electron chi connectivity index (χ2n) is 3.86. The molecule has 2 N–H and O–H groups in total. The molecular weight excluding hydrogens is 238 g/mol. The van der Waals surface area contributed by atoms with E-state index in [1.807, 2.05) is 32.0 Å². The summed E-state index contributed by atoms with van der Waals surface area (Å²) >= 11 is 5.68. The average Bonchev–Trinajstić information content (AvgIpc) is 2.21. The van der Waals surface area contributed by atoms with E-state index in [2.05, 4.69) is 4.98 Å². The number of rotatable bonds is 1. The summed E-state index contributed by atoms with van der Waals surface area (Å²) < 4.78 is 1.37. The van der Waals surface area contributed by atoms with Crippen LogP contribution >= 0.6 is 11.6 Å². The number of hydrogen-bond acceptors (Lipinski definition) is 3. The predicted octanol–water partition coefficient (Wildman–Crippen LogP) is 2.08. The molecule has 0 unspecified atom stereocenters. The number of nitrogen functional groups attached to an aromatic ring is 1. The second kappa shape index (κ2) is 4.22. The first-order valence-electron chi connectivity index (χ1n) is 5.12. The van der Waals surface area contributed by atoms with Gasteiger partial charge in [-0.05, 0) is 25.0 Å². The maximum atomic E-state index is 11.9. The Labute approximate surface area is 104 Å². The topological polar surface area (TPSA) is 60.9 Å². The normalized spacial score (nSPS) is 10.5. The van der Waals surface area contributed by atoms with Crippen molar-refractivity contribution in [1.82, 2.24) is 9.55 Å². The molecule has 2 rings (SSSR count). The average molecular weight is 250 g/mol. The monoisotopic (exact) mass is 249 g/mol. The molecule has 0 aliphatic heterocycles. The van der Waals surface area contributed by atoms with Gasteiger partial charge in [0.25, 0.3) is 0 Å². The van der Waals surface area contributed by atoms with Crippen LogP contribution in [0.2, 0.25) is 5.15 Å². The minimum atomic E-state index is -0.465. The van der Waals surface area contributed by atoms with E-state index in [0.29, 0.717) is 0 Å². The highest BCUT2D eigenvalue weighted by Gasteiger charge is 2.11. The standard InChI is InChI=1S/C12H12ClN3O/c1-7-4-3-5-8(2)11(7)16-10(14)6-9(13)15-12(16)17/h3-6H,14H2,1-2H3. The molecule has 0 bridgehead atoms. The van der Waals surface area contributed by atoms with Crippen molar-refractivity contribution in [2.45, 2.75) is 13.8 Å². The SMILES string of the molecule is Cc1cccc(C)c1-n1c(N)cc(Cl)nc1=O. The number of anilines is 1. The summed E-state index contributed by atoms with van der Waals surface area (Å²) in [5.41, 5.74) is 8.05. The van der Waals surface area contributed by atoms with Crippen LogP contribution in [-0.2, 0) is 0 Å². The summed E-state index contributed by atoms with van der Waals surface area (Å²) in [6.45, 7) is 3.84. The number of benzene rings is 1. The summed E-state index contributed by atoms with van der Waals surface area (Å²) in [6, 6.07) is 7.24. The zero-order valence-corrected chi connectivity index (χ0v) is 10.3. The van der Waals surface area contributed by atoms with Crippen LogP contribution in [0.1, 0.15) is 11.1 Å². The van der Waals surface area contributed by atoms with Crippen molar-refractivity contribution >= 4 is 17.4 Å². The largest absolute Gasteiger partial charge is 0.385 e. The Hall–Kier alpha value is -1.81. The molecule has 0 spiro atoms. The zero-order valence-electron chi connectivity index (χ0n) is 9.57. The highest BCUT2D eigenvalue weighted by Crippen LogP contribution is 2.20. The third kappa shape index (κ3) is 2.03. The fraction of sp³-hybridized carbons (Fsp3) is 0.167. The minimum absolute atomic E-state index is 0.106. The smallest absolute Gasteiger partial charge is 0.355 e. The third-order valence-corrected chi connectivity index (χ3v) is 2.78. The molecule has 0 aliphatic rings. The van der Waals surface area contributed by atoms with Gasteiger partial charge in [-0.1, -0.05) is 29.8 Å². The van der Waals surface area contributed by atoms with Crippen LogP contribution in [-0.4, -0.2) is 9.55 Å². The lowest BCUT2D eigenvalue weighted by Gasteiger charge is -2.14. The van der Waals surface area contributed by atoms with Crippen LogP contribution in [0.25, 0.3) is 5.69 Å². The fourth-order valence-corrected chi connectivity index (χ4v) is 2.04. The molecule has 1 heterocycles. The molecule has 1 aromatic heterocycles. The van der Waals surface area contributed by atoms with E-state index in [4.69, 9.17) is 17.3 Å². The minimum Gasteiger partial charge on any atom is -0.385 e. The van der Waals surface area contributed by atoms with Crippen LogP contribution in [0.3, 0.4) is 0 Å². The van der Waals surface area contributed by atoms with E-state index in [-0.39, 0.29) is 11.0 Å². The van der Waals surface area contributed by atoms with Gasteiger partial charge >= 0.3 is 5.69 Å². The van der Waals surface area contributed by atoms with E-state index in [1.54, 1.807) is 0 Å². The maximum absolute atomic E-state index is 11.9. The molecule has 0 aliphatic carbocycles. The second-order valence-corrected chi connectivity index (χ2v) is 4.25. The summed E-state index contributed by atoms with van der Waals surface area (Å²) in [4.78, 5) is 15.5. The van der Waals surface area contributed by atoms with Crippen molar-refractivity contribution in [2.24, 2.45) is 0 Å². The van der Waals surface area contributed by atoms with E-state index in [0.717, 1.165) is 16.8 Å². The molecule has 0 saturated heterocycles. The van der Waals surface area contributed by atoms with E-state index in [9.17, 15) is 4.79 Å². The lowest BCUT2D eigenvalue weighted by molar-refractivity contribution is 0.911. The van der Waals surface area contributed by atoms with Gasteiger partial charge < -0.3 is 5.73 Å². The molecule has 17 heavy (non-hydrogen) atoms. The number of nitrogens with two attached hydrogens (primary N) is 1. The molecule has 88 valence electrons. The molecule has 1 aromatic carbocycles. The summed E-state index contributed by atoms with van der Waals surface area (Å²) in [5.74, 6) is 0.285. The van der Waals surface area contributed by atoms with Gasteiger partial charge in [0.2, 0.25) is 0 Å². The fourth-order valence-electron chi connectivity index (χ4n) is 1.85. The zero-order chi connectivity index (χ0) is 12.6. The summed E-state index contributed by atoms with van der Waals surface area (Å²) in [6.07, 6.45) is 0. The number of hydrogen-bond donors (Lipinski definition) is 1. The molecular formula is C12H12ClN3O. The number of aryl methyl sites for hydroxylation is 2. The van der Waals surface area contributed by atoms with Crippen LogP contribution in [0.5, 0.6) is 0 Å². The maximum Gasteiger partial charge on any atom is 0.355 e. The summed E-state index contributed by atoms with van der Waals surface area (Å²) in [5, 5.41) is 0.106. The van der Waals surface area contributed by atoms with E-state index in [1.165, 1.54) is 10.6 Å². The number of nitrogens with zero attached hydrogens (tertiary/aromatic N) is 2. The van der Waals surface area contributed by atoms with Gasteiger partial charge in [-0.25, -0.2) is 9.36 Å². The van der Waals surface area contributed by atoms with Crippen molar-refractivity contribution in [1.29, 1.82) is 0 Å². The molecule has 2 aromatic rings. The van der Waals surface area contributed by atoms with Gasteiger partial charge in [-0.3, -0.25) is 0 Å². The van der Waals surface area contributed by atoms with Crippen LogP contribution in [0.4, 0.5) is 5.82 Å². The molecule has 0 saturated carbocycles. The predicted molar refractivity (Wildman–Crippen MR) is 68.7 cm³/mol. The Morgan fingerprint density at radius 2 is 1.88 bits per heavy atom. The Morgan fingerprint density at radius 3 is 2.41 bits per heavy atom. The lowest BCUT2D eigenvalue weighted by Crippen LogP contribution is -2.25. The third-order valence-electron chi connectivity index (χ3n) is 2.58. The summed E-state index contributed by atoms with van der Waals surface area (Å²) in [7, 11) is 0. The van der Waals surface area contributed by atoms with E-state index >= 15 is 0 Å². The number of para-hydroxylation sites is 1. The first-order valence-corrected chi connectivity index (χ1v) is 5.50. The Balaban J connectivity index is 2.82. The highest BCUT2D eigenvalue weighted by molar-refractivity contribution is 6.29. The molecule has 4 nitrogen and oxygen atoms in total. The van der Waals surface area contributed by atoms with Crippen LogP contribution in [0.15, 0.2) is 29.1 Å². The van der Waals surface area contributed by atoms with Crippen molar-refractivity contribution in [3.63, 3.8) is 0 Å². The van der Waals surface area contributed by atoms with Crippen molar-refractivity contribution in [3.8, 4) is 5.69 Å². The highest BCUT2D eigenvalue weighted by atomic mass is 35.5. The van der Waals surface area contributed by atoms with Crippen molar-refractivity contribution in [3.05, 3.63) is 51.0 Å². The molecule has 0 fully saturated rings. The first-order chi connectivity index (χ1) is 8.00. The molecule has 0 amide bonds. The Kier molecular flexibility index (Phi) is 2.90. The van der Waals surface area contributed by atoms with E-state index < -0.39 is 5.69 Å². The molecule has 0 radical (unpaired) electrons. The van der Waals surface area contributed by atoms with Crippen LogP contribution in [0, 0.1) is 13.8 Å². The first kappa shape index (κ1) is 11.7. The van der Waals surface area contributed by atoms with Gasteiger partial charge in [-0.2, -0.15) is 4.98 Å². The quantitative estimate of drug-likeness (QED) is 0.788. The van der Waals surface area contributed by atoms with Gasteiger partial charge in [0.05, 0.1) is 5.69 Å².